The van der Waals surface area contributed by atoms with Crippen LogP contribution in [-0.2, 0) is 30.5 Å². The predicted octanol–water partition coefficient (Wildman–Crippen LogP) is 3.66. The van der Waals surface area contributed by atoms with Crippen molar-refractivity contribution in [2.75, 3.05) is 0 Å². The van der Waals surface area contributed by atoms with Gasteiger partial charge < -0.3 is 0 Å². The van der Waals surface area contributed by atoms with Gasteiger partial charge in [-0.25, -0.2) is 0 Å². The Morgan fingerprint density at radius 2 is 1.72 bits per heavy atom. The number of hydrogen-bond donors (Lipinski definition) is 0. The second kappa shape index (κ2) is 4.72. The first-order chi connectivity index (χ1) is 8.75. The lowest BCUT2D eigenvalue weighted by Gasteiger charge is -2.11. The van der Waals surface area contributed by atoms with E-state index < -0.39 is 0 Å². The number of Topliss-reactive ketones (excluding diaryl/α,β-unsaturated/α-hetero) is 1. The van der Waals surface area contributed by atoms with Gasteiger partial charge in [-0.1, -0.05) is 18.2 Å². The molecule has 0 amide bonds. The molecule has 0 spiro atoms. The molecule has 0 unspecified atom stereocenters. The number of benzene rings is 1. The summed E-state index contributed by atoms with van der Waals surface area (Å²) < 4.78 is 0. The van der Waals surface area contributed by atoms with Crippen LogP contribution in [0.3, 0.4) is 0 Å². The maximum atomic E-state index is 11.1. The van der Waals surface area contributed by atoms with Gasteiger partial charge in [-0.15, -0.1) is 0 Å². The van der Waals surface area contributed by atoms with E-state index in [1.54, 1.807) is 29.2 Å². The van der Waals surface area contributed by atoms with Crippen LogP contribution in [0.2, 0.25) is 0 Å². The number of allylic oxidation sites excluding steroid dienone is 1. The van der Waals surface area contributed by atoms with E-state index in [9.17, 15) is 4.79 Å². The van der Waals surface area contributed by atoms with Gasteiger partial charge in [-0.3, -0.25) is 4.79 Å². The zero-order chi connectivity index (χ0) is 12.5. The molecule has 0 aliphatic heterocycles. The summed E-state index contributed by atoms with van der Waals surface area (Å²) in [5.74, 6) is 0.246. The van der Waals surface area contributed by atoms with Crippen LogP contribution in [0, 0.1) is 0 Å². The summed E-state index contributed by atoms with van der Waals surface area (Å²) in [7, 11) is 0. The maximum absolute atomic E-state index is 11.1. The highest BCUT2D eigenvalue weighted by Gasteiger charge is 2.22. The zero-order valence-corrected chi connectivity index (χ0v) is 11.1. The third-order valence-electron chi connectivity index (χ3n) is 4.21. The third-order valence-corrected chi connectivity index (χ3v) is 4.21. The lowest BCUT2D eigenvalue weighted by molar-refractivity contribution is -0.116. The highest BCUT2D eigenvalue weighted by atomic mass is 16.1. The summed E-state index contributed by atoms with van der Waals surface area (Å²) in [4.78, 5) is 11.1. The minimum absolute atomic E-state index is 0.246. The van der Waals surface area contributed by atoms with Gasteiger partial charge in [0.1, 0.15) is 5.78 Å². The minimum Gasteiger partial charge on any atom is -0.300 e. The van der Waals surface area contributed by atoms with E-state index in [2.05, 4.69) is 18.2 Å². The lowest BCUT2D eigenvalue weighted by Crippen LogP contribution is -1.96. The van der Waals surface area contributed by atoms with E-state index in [4.69, 9.17) is 0 Å². The SMILES string of the molecule is CC(=O)C/C=C/c1c2c(cc3c1CCC3)CCC2. The molecule has 94 valence electrons. The third kappa shape index (κ3) is 2.03. The van der Waals surface area contributed by atoms with Crippen molar-refractivity contribution < 1.29 is 4.79 Å². The first-order valence-electron chi connectivity index (χ1n) is 7.08. The normalized spacial score (nSPS) is 17.2. The van der Waals surface area contributed by atoms with Crippen molar-refractivity contribution in [1.29, 1.82) is 0 Å². The highest BCUT2D eigenvalue weighted by molar-refractivity contribution is 5.78. The van der Waals surface area contributed by atoms with Gasteiger partial charge >= 0.3 is 0 Å². The molecule has 2 aliphatic rings. The average molecular weight is 240 g/mol. The summed E-state index contributed by atoms with van der Waals surface area (Å²) >= 11 is 0. The van der Waals surface area contributed by atoms with Gasteiger partial charge in [0.25, 0.3) is 0 Å². The van der Waals surface area contributed by atoms with E-state index in [1.165, 1.54) is 44.1 Å². The van der Waals surface area contributed by atoms with Gasteiger partial charge in [0.05, 0.1) is 0 Å². The fourth-order valence-corrected chi connectivity index (χ4v) is 3.40. The van der Waals surface area contributed by atoms with Gasteiger partial charge in [0.2, 0.25) is 0 Å². The summed E-state index contributed by atoms with van der Waals surface area (Å²) in [6.07, 6.45) is 12.4. The molecule has 0 bridgehead atoms. The van der Waals surface area contributed by atoms with Crippen molar-refractivity contribution in [3.63, 3.8) is 0 Å². The molecular weight excluding hydrogens is 220 g/mol. The van der Waals surface area contributed by atoms with Crippen LogP contribution in [0.25, 0.3) is 6.08 Å². The molecule has 18 heavy (non-hydrogen) atoms. The number of aryl methyl sites for hydroxylation is 2. The van der Waals surface area contributed by atoms with E-state index >= 15 is 0 Å². The number of fused-ring (bicyclic) bond motifs is 2. The van der Waals surface area contributed by atoms with Crippen LogP contribution in [0.1, 0.15) is 54.0 Å². The summed E-state index contributed by atoms with van der Waals surface area (Å²) in [6.45, 7) is 1.66. The molecule has 0 saturated heterocycles. The Bertz CT molecular complexity index is 491. The Balaban J connectivity index is 2.01. The lowest BCUT2D eigenvalue weighted by atomic mass is 9.93. The largest absolute Gasteiger partial charge is 0.300 e. The van der Waals surface area contributed by atoms with Gasteiger partial charge in [-0.2, -0.15) is 0 Å². The van der Waals surface area contributed by atoms with Crippen molar-refractivity contribution in [2.45, 2.75) is 51.9 Å². The van der Waals surface area contributed by atoms with E-state index in [1.807, 2.05) is 0 Å². The quantitative estimate of drug-likeness (QED) is 0.788. The monoisotopic (exact) mass is 240 g/mol. The van der Waals surface area contributed by atoms with E-state index in [0.717, 1.165) is 0 Å². The van der Waals surface area contributed by atoms with Crippen molar-refractivity contribution in [2.24, 2.45) is 0 Å². The van der Waals surface area contributed by atoms with Crippen molar-refractivity contribution in [3.05, 3.63) is 40.0 Å². The fraction of sp³-hybridized carbons (Fsp3) is 0.471. The van der Waals surface area contributed by atoms with Gasteiger partial charge in [0, 0.05) is 6.42 Å². The number of carbonyl (C=O) groups is 1. The van der Waals surface area contributed by atoms with Crippen LogP contribution in [0.15, 0.2) is 12.1 Å². The van der Waals surface area contributed by atoms with E-state index in [-0.39, 0.29) is 5.78 Å². The molecule has 0 heterocycles. The zero-order valence-electron chi connectivity index (χ0n) is 11.1. The summed E-state index contributed by atoms with van der Waals surface area (Å²) in [6, 6.07) is 2.45. The molecule has 2 aliphatic carbocycles. The molecular formula is C17H20O. The standard InChI is InChI=1S/C17H20O/c1-12(18)5-2-10-17-15-8-3-6-13(15)11-14-7-4-9-16(14)17/h2,10-11H,3-9H2,1H3/b10-2+. The second-order valence-corrected chi connectivity index (χ2v) is 5.58. The molecule has 1 heteroatoms. The Morgan fingerprint density at radius 3 is 2.28 bits per heavy atom. The number of ketones is 1. The Labute approximate surface area is 109 Å². The topological polar surface area (TPSA) is 17.1 Å². The van der Waals surface area contributed by atoms with Crippen molar-refractivity contribution in [1.82, 2.24) is 0 Å². The molecule has 0 aromatic heterocycles. The van der Waals surface area contributed by atoms with Crippen molar-refractivity contribution >= 4 is 11.9 Å². The van der Waals surface area contributed by atoms with Crippen LogP contribution >= 0.6 is 0 Å². The predicted molar refractivity (Wildman–Crippen MR) is 74.8 cm³/mol. The molecule has 0 N–H and O–H groups in total. The average Bonchev–Trinajstić information content (AvgIpc) is 2.95. The summed E-state index contributed by atoms with van der Waals surface area (Å²) in [5.41, 5.74) is 7.72. The van der Waals surface area contributed by atoms with E-state index in [0.29, 0.717) is 6.42 Å². The molecule has 3 rings (SSSR count). The highest BCUT2D eigenvalue weighted by Crippen LogP contribution is 2.35. The van der Waals surface area contributed by atoms with Crippen LogP contribution in [-0.4, -0.2) is 5.78 Å². The van der Waals surface area contributed by atoms with Crippen LogP contribution < -0.4 is 0 Å². The Morgan fingerprint density at radius 1 is 1.11 bits per heavy atom. The smallest absolute Gasteiger partial charge is 0.133 e. The van der Waals surface area contributed by atoms with Crippen LogP contribution in [0.4, 0.5) is 0 Å². The molecule has 1 aromatic rings. The van der Waals surface area contributed by atoms with Crippen molar-refractivity contribution in [3.8, 4) is 0 Å². The summed E-state index contributed by atoms with van der Waals surface area (Å²) in [5, 5.41) is 0. The number of rotatable bonds is 3. The fourth-order valence-electron chi connectivity index (χ4n) is 3.40. The minimum atomic E-state index is 0.246. The molecule has 1 aromatic carbocycles. The number of carbonyl (C=O) groups excluding carboxylic acids is 1. The first kappa shape index (κ1) is 11.7. The second-order valence-electron chi connectivity index (χ2n) is 5.58. The maximum Gasteiger partial charge on any atom is 0.133 e. The molecule has 0 fully saturated rings. The van der Waals surface area contributed by atoms with Gasteiger partial charge in [-0.05, 0) is 73.3 Å². The van der Waals surface area contributed by atoms with Crippen LogP contribution in [0.5, 0.6) is 0 Å². The number of hydrogen-bond acceptors (Lipinski definition) is 1. The molecule has 0 radical (unpaired) electrons. The first-order valence-corrected chi connectivity index (χ1v) is 7.08. The molecule has 0 atom stereocenters. The Hall–Kier alpha value is -1.37. The van der Waals surface area contributed by atoms with Gasteiger partial charge in [0.15, 0.2) is 0 Å². The Kier molecular flexibility index (Phi) is 3.07. The molecule has 0 saturated carbocycles. The molecule has 1 nitrogen and oxygen atoms in total.